The number of hydrogen-bond acceptors (Lipinski definition) is 6. The molecular weight excluding hydrogens is 427 g/mol. The molecule has 3 rings (SSSR count). The van der Waals surface area contributed by atoms with E-state index in [1.54, 1.807) is 0 Å². The van der Waals surface area contributed by atoms with Crippen LogP contribution in [0.1, 0.15) is 11.6 Å². The molecule has 0 aromatic heterocycles. The summed E-state index contributed by atoms with van der Waals surface area (Å²) < 4.78 is 43.8. The summed E-state index contributed by atoms with van der Waals surface area (Å²) in [6.07, 6.45) is 0. The largest absolute Gasteiger partial charge is 0.495 e. The lowest BCUT2D eigenvalue weighted by Gasteiger charge is -2.25. The number of hydrogen-bond donors (Lipinski definition) is 1. The lowest BCUT2D eigenvalue weighted by atomic mass is 10.1. The second-order valence-electron chi connectivity index (χ2n) is 6.24. The summed E-state index contributed by atoms with van der Waals surface area (Å²) in [6.45, 7) is 0.370. The van der Waals surface area contributed by atoms with E-state index in [0.29, 0.717) is 17.2 Å². The van der Waals surface area contributed by atoms with Gasteiger partial charge in [0.2, 0.25) is 16.8 Å². The molecule has 28 heavy (non-hydrogen) atoms. The van der Waals surface area contributed by atoms with Gasteiger partial charge < -0.3 is 19.1 Å². The number of nitrogens with zero attached hydrogens (tertiary/aromatic N) is 1. The molecule has 1 aliphatic heterocycles. The first-order valence-electron chi connectivity index (χ1n) is 8.21. The monoisotopic (exact) mass is 448 g/mol. The number of sulfonamides is 1. The SMILES string of the molecule is COc1ccc(S(=O)(=O)NCC(c2ccc3c(c2)OCO3)N(C)C)cc1Cl.Cl. The Morgan fingerprint density at radius 3 is 2.54 bits per heavy atom. The zero-order chi connectivity index (χ0) is 19.6. The molecule has 2 aromatic carbocycles. The van der Waals surface area contributed by atoms with Crippen molar-refractivity contribution in [3.8, 4) is 17.2 Å². The molecule has 0 saturated carbocycles. The summed E-state index contributed by atoms with van der Waals surface area (Å²) in [5, 5.41) is 0.236. The maximum absolute atomic E-state index is 12.7. The normalized spacial score (nSPS) is 13.9. The molecule has 1 aliphatic rings. The Hall–Kier alpha value is -1.71. The number of halogens is 2. The van der Waals surface area contributed by atoms with E-state index in [2.05, 4.69) is 4.72 Å². The van der Waals surface area contributed by atoms with E-state index in [-0.39, 0.29) is 41.7 Å². The molecule has 1 heterocycles. The lowest BCUT2D eigenvalue weighted by Crippen LogP contribution is -2.34. The minimum atomic E-state index is -3.73. The summed E-state index contributed by atoms with van der Waals surface area (Å²) in [7, 11) is 1.51. The number of methoxy groups -OCH3 is 1. The highest BCUT2D eigenvalue weighted by Crippen LogP contribution is 2.35. The van der Waals surface area contributed by atoms with E-state index in [1.807, 2.05) is 37.2 Å². The van der Waals surface area contributed by atoms with Crippen LogP contribution in [0.4, 0.5) is 0 Å². The molecule has 0 fully saturated rings. The predicted octanol–water partition coefficient (Wildman–Crippen LogP) is 3.08. The standard InChI is InChI=1S/C18H21ClN2O5S.ClH/c1-21(2)15(12-4-6-17-18(8-12)26-11-25-17)10-20-27(22,23)13-5-7-16(24-3)14(19)9-13;/h4-9,15,20H,10-11H2,1-3H3;1H. The minimum absolute atomic E-state index is 0. The van der Waals surface area contributed by atoms with Crippen LogP contribution in [0.3, 0.4) is 0 Å². The van der Waals surface area contributed by atoms with Crippen molar-refractivity contribution < 1.29 is 22.6 Å². The highest BCUT2D eigenvalue weighted by molar-refractivity contribution is 7.89. The Morgan fingerprint density at radius 2 is 1.89 bits per heavy atom. The van der Waals surface area contributed by atoms with Crippen LogP contribution in [0.5, 0.6) is 17.2 Å². The van der Waals surface area contributed by atoms with E-state index in [4.69, 9.17) is 25.8 Å². The highest BCUT2D eigenvalue weighted by atomic mass is 35.5. The molecule has 0 radical (unpaired) electrons. The maximum atomic E-state index is 12.7. The molecule has 2 aromatic rings. The Labute approximate surface area is 176 Å². The van der Waals surface area contributed by atoms with Gasteiger partial charge in [0.05, 0.1) is 17.0 Å². The van der Waals surface area contributed by atoms with Crippen molar-refractivity contribution in [2.75, 3.05) is 34.5 Å². The van der Waals surface area contributed by atoms with Gasteiger partial charge in [-0.25, -0.2) is 13.1 Å². The van der Waals surface area contributed by atoms with Gasteiger partial charge >= 0.3 is 0 Å². The third-order valence-electron chi connectivity index (χ3n) is 4.31. The zero-order valence-electron chi connectivity index (χ0n) is 15.6. The maximum Gasteiger partial charge on any atom is 0.240 e. The smallest absolute Gasteiger partial charge is 0.240 e. The van der Waals surface area contributed by atoms with Crippen molar-refractivity contribution in [2.24, 2.45) is 0 Å². The van der Waals surface area contributed by atoms with Gasteiger partial charge in [-0.3, -0.25) is 0 Å². The summed E-state index contributed by atoms with van der Waals surface area (Å²) in [5.74, 6) is 1.76. The van der Waals surface area contributed by atoms with Crippen LogP contribution in [-0.4, -0.2) is 47.9 Å². The van der Waals surface area contributed by atoms with E-state index >= 15 is 0 Å². The van der Waals surface area contributed by atoms with Crippen molar-refractivity contribution in [1.82, 2.24) is 9.62 Å². The fourth-order valence-corrected chi connectivity index (χ4v) is 4.19. The second-order valence-corrected chi connectivity index (χ2v) is 8.41. The summed E-state index contributed by atoms with van der Waals surface area (Å²) in [4.78, 5) is 2.01. The molecule has 0 spiro atoms. The highest BCUT2D eigenvalue weighted by Gasteiger charge is 2.23. The molecule has 0 amide bonds. The third kappa shape index (κ3) is 4.82. The van der Waals surface area contributed by atoms with Gasteiger partial charge in [0.15, 0.2) is 11.5 Å². The van der Waals surface area contributed by atoms with Gasteiger partial charge in [0.1, 0.15) is 5.75 Å². The van der Waals surface area contributed by atoms with E-state index in [1.165, 1.54) is 25.3 Å². The minimum Gasteiger partial charge on any atom is -0.495 e. The van der Waals surface area contributed by atoms with Crippen LogP contribution in [0.2, 0.25) is 5.02 Å². The van der Waals surface area contributed by atoms with E-state index < -0.39 is 10.0 Å². The summed E-state index contributed by atoms with van der Waals surface area (Å²) in [6, 6.07) is 9.75. The molecule has 0 saturated heterocycles. The Morgan fingerprint density at radius 1 is 1.18 bits per heavy atom. The molecule has 0 aliphatic carbocycles. The second kappa shape index (κ2) is 9.19. The molecule has 0 bridgehead atoms. The quantitative estimate of drug-likeness (QED) is 0.700. The fraction of sp³-hybridized carbons (Fsp3) is 0.333. The van der Waals surface area contributed by atoms with Crippen LogP contribution in [0.25, 0.3) is 0 Å². The fourth-order valence-electron chi connectivity index (χ4n) is 2.81. The van der Waals surface area contributed by atoms with Crippen molar-refractivity contribution in [1.29, 1.82) is 0 Å². The van der Waals surface area contributed by atoms with E-state index in [9.17, 15) is 8.42 Å². The molecule has 10 heteroatoms. The molecule has 1 unspecified atom stereocenters. The van der Waals surface area contributed by atoms with Crippen molar-refractivity contribution in [2.45, 2.75) is 10.9 Å². The first-order chi connectivity index (χ1) is 12.8. The predicted molar refractivity (Wildman–Crippen MR) is 109 cm³/mol. The molecule has 1 atom stereocenters. The Bertz CT molecular complexity index is 938. The number of nitrogens with one attached hydrogen (secondary N) is 1. The number of benzene rings is 2. The Balaban J connectivity index is 0.00000280. The van der Waals surface area contributed by atoms with Crippen LogP contribution < -0.4 is 18.9 Å². The Kier molecular flexibility index (Phi) is 7.41. The van der Waals surface area contributed by atoms with Crippen LogP contribution >= 0.6 is 24.0 Å². The number of likely N-dealkylation sites (N-methyl/N-ethyl adjacent to an activating group) is 1. The van der Waals surface area contributed by atoms with Gasteiger partial charge in [-0.15, -0.1) is 12.4 Å². The van der Waals surface area contributed by atoms with Gasteiger partial charge in [0, 0.05) is 12.6 Å². The van der Waals surface area contributed by atoms with Crippen LogP contribution in [0.15, 0.2) is 41.3 Å². The van der Waals surface area contributed by atoms with Crippen LogP contribution in [-0.2, 0) is 10.0 Å². The van der Waals surface area contributed by atoms with Gasteiger partial charge in [-0.1, -0.05) is 17.7 Å². The number of rotatable bonds is 7. The van der Waals surface area contributed by atoms with Crippen molar-refractivity contribution in [3.05, 3.63) is 47.0 Å². The first-order valence-corrected chi connectivity index (χ1v) is 10.1. The number of fused-ring (bicyclic) bond motifs is 1. The van der Waals surface area contributed by atoms with Crippen LogP contribution in [0, 0.1) is 0 Å². The molecular formula is C18H22Cl2N2O5S. The lowest BCUT2D eigenvalue weighted by molar-refractivity contribution is 0.174. The third-order valence-corrected chi connectivity index (χ3v) is 6.02. The van der Waals surface area contributed by atoms with Gasteiger partial charge in [0.25, 0.3) is 0 Å². The van der Waals surface area contributed by atoms with Crippen molar-refractivity contribution in [3.63, 3.8) is 0 Å². The zero-order valence-corrected chi connectivity index (χ0v) is 18.0. The molecule has 1 N–H and O–H groups in total. The van der Waals surface area contributed by atoms with Gasteiger partial charge in [-0.2, -0.15) is 0 Å². The average molecular weight is 449 g/mol. The first kappa shape index (κ1) is 22.6. The summed E-state index contributed by atoms with van der Waals surface area (Å²) in [5.41, 5.74) is 0.916. The average Bonchev–Trinajstić information content (AvgIpc) is 3.09. The molecule has 154 valence electrons. The van der Waals surface area contributed by atoms with Crippen molar-refractivity contribution >= 4 is 34.0 Å². The topological polar surface area (TPSA) is 77.1 Å². The molecule has 7 nitrogen and oxygen atoms in total. The van der Waals surface area contributed by atoms with Gasteiger partial charge in [-0.05, 0) is 50.0 Å². The van der Waals surface area contributed by atoms with E-state index in [0.717, 1.165) is 5.56 Å². The number of ether oxygens (including phenoxy) is 3. The summed E-state index contributed by atoms with van der Waals surface area (Å²) >= 11 is 6.05.